The fourth-order valence-electron chi connectivity index (χ4n) is 4.08. The fourth-order valence-corrected chi connectivity index (χ4v) is 4.30. The van der Waals surface area contributed by atoms with Crippen LogP contribution in [0.3, 0.4) is 0 Å². The van der Waals surface area contributed by atoms with Gasteiger partial charge in [-0.05, 0) is 24.6 Å². The van der Waals surface area contributed by atoms with Gasteiger partial charge in [0.2, 0.25) is 5.91 Å². The Morgan fingerprint density at radius 1 is 1.25 bits per heavy atom. The van der Waals surface area contributed by atoms with Gasteiger partial charge in [0.25, 0.3) is 0 Å². The van der Waals surface area contributed by atoms with E-state index in [9.17, 15) is 4.79 Å². The van der Waals surface area contributed by atoms with E-state index in [1.54, 1.807) is 0 Å². The van der Waals surface area contributed by atoms with E-state index in [-0.39, 0.29) is 42.2 Å². The molecule has 1 aliphatic heterocycles. The summed E-state index contributed by atoms with van der Waals surface area (Å²) < 4.78 is 5.75. The highest BCUT2D eigenvalue weighted by Gasteiger charge is 2.63. The first-order chi connectivity index (χ1) is 12.3. The van der Waals surface area contributed by atoms with Gasteiger partial charge in [-0.15, -0.1) is 24.8 Å². The Morgan fingerprint density at radius 3 is 2.43 bits per heavy atom. The molecule has 1 heterocycles. The number of piperazine rings is 1. The standard InChI is InChI=1S/C20H30ClN3O2.2ClH/c1-4-26-17-13-20(22,19(17,2)3)18(25)24-10-8-23(9-11-24)14-15-6-5-7-16(21)12-15;;/h5-7,12,17H,4,8-11,13-14,22H2,1-3H3;2*1H. The molecule has 1 aliphatic carbocycles. The van der Waals surface area contributed by atoms with Gasteiger partial charge in [0.1, 0.15) is 5.54 Å². The molecule has 5 nitrogen and oxygen atoms in total. The SMILES string of the molecule is CCOC1CC(N)(C(=O)N2CCN(Cc3cccc(Cl)c3)CC2)C1(C)C.Cl.Cl. The maximum absolute atomic E-state index is 13.1. The second-order valence-corrected chi connectivity index (χ2v) is 8.48. The molecule has 2 aliphatic rings. The number of benzene rings is 1. The van der Waals surface area contributed by atoms with E-state index in [4.69, 9.17) is 22.1 Å². The number of amides is 1. The van der Waals surface area contributed by atoms with Crippen LogP contribution in [0.25, 0.3) is 0 Å². The van der Waals surface area contributed by atoms with Gasteiger partial charge in [0.15, 0.2) is 0 Å². The number of halogens is 3. The third-order valence-corrected chi connectivity index (χ3v) is 6.40. The van der Waals surface area contributed by atoms with Gasteiger partial charge >= 0.3 is 0 Å². The molecule has 2 unspecified atom stereocenters. The maximum atomic E-state index is 13.1. The van der Waals surface area contributed by atoms with E-state index in [1.165, 1.54) is 5.56 Å². The van der Waals surface area contributed by atoms with Crippen molar-refractivity contribution in [2.75, 3.05) is 32.8 Å². The average Bonchev–Trinajstić information content (AvgIpc) is 2.61. The summed E-state index contributed by atoms with van der Waals surface area (Å²) in [4.78, 5) is 17.4. The minimum atomic E-state index is -0.817. The Labute approximate surface area is 185 Å². The Kier molecular flexibility index (Phi) is 9.07. The van der Waals surface area contributed by atoms with E-state index < -0.39 is 5.54 Å². The molecule has 8 heteroatoms. The number of hydrogen-bond acceptors (Lipinski definition) is 4. The maximum Gasteiger partial charge on any atom is 0.243 e. The molecular weight excluding hydrogens is 421 g/mol. The Bertz CT molecular complexity index is 666. The predicted molar refractivity (Wildman–Crippen MR) is 119 cm³/mol. The van der Waals surface area contributed by atoms with Crippen LogP contribution in [-0.2, 0) is 16.1 Å². The van der Waals surface area contributed by atoms with Crippen LogP contribution in [0.2, 0.25) is 5.02 Å². The number of nitrogens with two attached hydrogens (primary N) is 1. The van der Waals surface area contributed by atoms with Crippen molar-refractivity contribution in [1.29, 1.82) is 0 Å². The molecular formula is C20H32Cl3N3O2. The topological polar surface area (TPSA) is 58.8 Å². The molecule has 2 N–H and O–H groups in total. The molecule has 1 amide bonds. The van der Waals surface area contributed by atoms with Gasteiger partial charge in [-0.2, -0.15) is 0 Å². The number of carbonyl (C=O) groups is 1. The summed E-state index contributed by atoms with van der Waals surface area (Å²) in [6.45, 7) is 10.7. The van der Waals surface area contributed by atoms with Gasteiger partial charge in [-0.3, -0.25) is 9.69 Å². The smallest absolute Gasteiger partial charge is 0.243 e. The summed E-state index contributed by atoms with van der Waals surface area (Å²) in [5.41, 5.74) is 6.60. The largest absolute Gasteiger partial charge is 0.378 e. The summed E-state index contributed by atoms with van der Waals surface area (Å²) in [7, 11) is 0. The molecule has 0 bridgehead atoms. The minimum absolute atomic E-state index is 0. The second kappa shape index (κ2) is 9.96. The summed E-state index contributed by atoms with van der Waals surface area (Å²) >= 11 is 6.07. The van der Waals surface area contributed by atoms with Crippen molar-refractivity contribution >= 4 is 42.3 Å². The molecule has 2 atom stereocenters. The normalized spacial score (nSPS) is 26.6. The lowest BCUT2D eigenvalue weighted by Gasteiger charge is -2.59. The number of carbonyl (C=O) groups excluding carboxylic acids is 1. The van der Waals surface area contributed by atoms with Crippen LogP contribution in [0.1, 0.15) is 32.8 Å². The van der Waals surface area contributed by atoms with Gasteiger partial charge in [-0.25, -0.2) is 0 Å². The van der Waals surface area contributed by atoms with Crippen LogP contribution in [0.15, 0.2) is 24.3 Å². The molecule has 160 valence electrons. The van der Waals surface area contributed by atoms with E-state index in [2.05, 4.69) is 11.0 Å². The van der Waals surface area contributed by atoms with Gasteiger partial charge < -0.3 is 15.4 Å². The molecule has 1 saturated carbocycles. The van der Waals surface area contributed by atoms with Crippen LogP contribution in [0.5, 0.6) is 0 Å². The first-order valence-corrected chi connectivity index (χ1v) is 9.82. The van der Waals surface area contributed by atoms with E-state index >= 15 is 0 Å². The zero-order valence-electron chi connectivity index (χ0n) is 16.8. The quantitative estimate of drug-likeness (QED) is 0.744. The predicted octanol–water partition coefficient (Wildman–Crippen LogP) is 3.36. The van der Waals surface area contributed by atoms with Crippen molar-refractivity contribution in [3.8, 4) is 0 Å². The van der Waals surface area contributed by atoms with E-state index in [1.807, 2.05) is 43.9 Å². The third kappa shape index (κ3) is 4.77. The molecule has 0 radical (unpaired) electrons. The van der Waals surface area contributed by atoms with Crippen LogP contribution >= 0.6 is 36.4 Å². The van der Waals surface area contributed by atoms with Crippen molar-refractivity contribution in [3.05, 3.63) is 34.9 Å². The molecule has 28 heavy (non-hydrogen) atoms. The molecule has 1 aromatic rings. The highest BCUT2D eigenvalue weighted by Crippen LogP contribution is 2.50. The lowest BCUT2D eigenvalue weighted by atomic mass is 9.54. The molecule has 1 aromatic carbocycles. The van der Waals surface area contributed by atoms with Crippen molar-refractivity contribution in [2.24, 2.45) is 11.1 Å². The highest BCUT2D eigenvalue weighted by molar-refractivity contribution is 6.30. The molecule has 0 aromatic heterocycles. The van der Waals surface area contributed by atoms with Gasteiger partial charge in [-0.1, -0.05) is 37.6 Å². The highest BCUT2D eigenvalue weighted by atomic mass is 35.5. The molecule has 3 rings (SSSR count). The van der Waals surface area contributed by atoms with Crippen LogP contribution < -0.4 is 5.73 Å². The third-order valence-electron chi connectivity index (χ3n) is 6.17. The van der Waals surface area contributed by atoms with Crippen LogP contribution in [0.4, 0.5) is 0 Å². The van der Waals surface area contributed by atoms with Crippen LogP contribution in [0, 0.1) is 5.41 Å². The van der Waals surface area contributed by atoms with Gasteiger partial charge in [0, 0.05) is 56.2 Å². The zero-order valence-corrected chi connectivity index (χ0v) is 19.2. The number of hydrogen-bond donors (Lipinski definition) is 1. The average molecular weight is 453 g/mol. The lowest BCUT2D eigenvalue weighted by molar-refractivity contribution is -0.180. The summed E-state index contributed by atoms with van der Waals surface area (Å²) in [5.74, 6) is 0.0702. The summed E-state index contributed by atoms with van der Waals surface area (Å²) in [6, 6.07) is 7.95. The zero-order chi connectivity index (χ0) is 18.9. The lowest BCUT2D eigenvalue weighted by Crippen LogP contribution is -2.76. The second-order valence-electron chi connectivity index (χ2n) is 8.04. The van der Waals surface area contributed by atoms with Crippen molar-refractivity contribution in [2.45, 2.75) is 45.4 Å². The van der Waals surface area contributed by atoms with E-state index in [0.29, 0.717) is 26.1 Å². The summed E-state index contributed by atoms with van der Waals surface area (Å²) in [5, 5.41) is 0.762. The minimum Gasteiger partial charge on any atom is -0.378 e. The Balaban J connectivity index is 0.00000196. The number of nitrogens with zero attached hydrogens (tertiary/aromatic N) is 2. The molecule has 0 spiro atoms. The Hall–Kier alpha value is -0.560. The van der Waals surface area contributed by atoms with E-state index in [0.717, 1.165) is 24.7 Å². The first kappa shape index (κ1) is 25.5. The van der Waals surface area contributed by atoms with Crippen molar-refractivity contribution < 1.29 is 9.53 Å². The Morgan fingerprint density at radius 2 is 1.89 bits per heavy atom. The molecule has 1 saturated heterocycles. The van der Waals surface area contributed by atoms with Crippen LogP contribution in [-0.4, -0.2) is 60.1 Å². The van der Waals surface area contributed by atoms with Gasteiger partial charge in [0.05, 0.1) is 6.10 Å². The fraction of sp³-hybridized carbons (Fsp3) is 0.650. The van der Waals surface area contributed by atoms with Crippen molar-refractivity contribution in [1.82, 2.24) is 9.80 Å². The summed E-state index contributed by atoms with van der Waals surface area (Å²) in [6.07, 6.45) is 0.667. The molecule has 2 fully saturated rings. The van der Waals surface area contributed by atoms with Crippen molar-refractivity contribution in [3.63, 3.8) is 0 Å². The monoisotopic (exact) mass is 451 g/mol. The first-order valence-electron chi connectivity index (χ1n) is 9.44. The number of ether oxygens (including phenoxy) is 1. The number of rotatable bonds is 5.